The molecule has 0 aromatic heterocycles. The first-order valence-corrected chi connectivity index (χ1v) is 11.1. The van der Waals surface area contributed by atoms with E-state index in [1.165, 1.54) is 5.56 Å². The lowest BCUT2D eigenvalue weighted by atomic mass is 10.0. The number of anilines is 1. The van der Waals surface area contributed by atoms with Crippen LogP contribution in [0.3, 0.4) is 0 Å². The Morgan fingerprint density at radius 1 is 1.15 bits per heavy atom. The van der Waals surface area contributed by atoms with Gasteiger partial charge in [-0.25, -0.2) is 13.2 Å². The molecule has 144 valence electrons. The van der Waals surface area contributed by atoms with Gasteiger partial charge in [0.2, 0.25) is 0 Å². The molecular formula is C19H29N3O3S. The maximum Gasteiger partial charge on any atom is 0.322 e. The molecule has 0 radical (unpaired) electrons. The van der Waals surface area contributed by atoms with E-state index in [-0.39, 0.29) is 29.6 Å². The van der Waals surface area contributed by atoms with Crippen LogP contribution in [0.15, 0.2) is 18.2 Å². The van der Waals surface area contributed by atoms with Gasteiger partial charge in [-0.05, 0) is 43.0 Å². The molecule has 1 aromatic carbocycles. The average Bonchev–Trinajstić information content (AvgIpc) is 2.86. The fourth-order valence-corrected chi connectivity index (χ4v) is 6.00. The van der Waals surface area contributed by atoms with Gasteiger partial charge in [-0.2, -0.15) is 0 Å². The van der Waals surface area contributed by atoms with E-state index in [1.807, 2.05) is 32.0 Å². The van der Waals surface area contributed by atoms with E-state index in [1.54, 1.807) is 4.90 Å². The number of hydrogen-bond donors (Lipinski definition) is 1. The van der Waals surface area contributed by atoms with Crippen LogP contribution in [0.2, 0.25) is 0 Å². The third-order valence-corrected chi connectivity index (χ3v) is 7.11. The van der Waals surface area contributed by atoms with Crippen molar-refractivity contribution in [3.8, 4) is 0 Å². The molecule has 0 spiro atoms. The number of urea groups is 1. The molecule has 7 heteroatoms. The Kier molecular flexibility index (Phi) is 5.30. The largest absolute Gasteiger partial charge is 0.322 e. The van der Waals surface area contributed by atoms with Crippen LogP contribution in [0.1, 0.15) is 25.0 Å². The summed E-state index contributed by atoms with van der Waals surface area (Å²) in [6, 6.07) is 5.25. The van der Waals surface area contributed by atoms with Gasteiger partial charge < -0.3 is 10.2 Å². The highest BCUT2D eigenvalue weighted by molar-refractivity contribution is 7.91. The fourth-order valence-electron chi connectivity index (χ4n) is 3.99. The van der Waals surface area contributed by atoms with Crippen LogP contribution in [0.5, 0.6) is 0 Å². The number of aryl methyl sites for hydroxylation is 2. The SMILES string of the molecule is Cc1ccc(NC(=O)N2CCN(CC(C)C)[C@@H]3CS(=O)(=O)C[C@@H]32)cc1C. The Bertz CT molecular complexity index is 791. The molecule has 0 unspecified atom stereocenters. The number of nitrogens with zero attached hydrogens (tertiary/aromatic N) is 2. The number of benzene rings is 1. The summed E-state index contributed by atoms with van der Waals surface area (Å²) in [5, 5.41) is 2.95. The summed E-state index contributed by atoms with van der Waals surface area (Å²) < 4.78 is 24.5. The minimum atomic E-state index is -3.11. The third kappa shape index (κ3) is 4.04. The van der Waals surface area contributed by atoms with Crippen molar-refractivity contribution in [1.82, 2.24) is 9.80 Å². The number of amides is 2. The third-order valence-electron chi connectivity index (χ3n) is 5.41. The number of fused-ring (bicyclic) bond motifs is 1. The molecule has 3 rings (SSSR count). The maximum atomic E-state index is 12.8. The lowest BCUT2D eigenvalue weighted by Crippen LogP contribution is -2.61. The normalized spacial score (nSPS) is 25.3. The minimum Gasteiger partial charge on any atom is -0.318 e. The van der Waals surface area contributed by atoms with E-state index in [0.29, 0.717) is 12.5 Å². The van der Waals surface area contributed by atoms with Crippen LogP contribution in [0.25, 0.3) is 0 Å². The predicted molar refractivity (Wildman–Crippen MR) is 104 cm³/mol. The summed E-state index contributed by atoms with van der Waals surface area (Å²) in [4.78, 5) is 16.8. The lowest BCUT2D eigenvalue weighted by Gasteiger charge is -2.44. The highest BCUT2D eigenvalue weighted by Crippen LogP contribution is 2.28. The van der Waals surface area contributed by atoms with Gasteiger partial charge in [0.1, 0.15) is 0 Å². The summed E-state index contributed by atoms with van der Waals surface area (Å²) in [5.74, 6) is 0.680. The number of rotatable bonds is 3. The van der Waals surface area contributed by atoms with E-state index < -0.39 is 9.84 Å². The van der Waals surface area contributed by atoms with Crippen molar-refractivity contribution in [1.29, 1.82) is 0 Å². The van der Waals surface area contributed by atoms with Crippen molar-refractivity contribution in [2.24, 2.45) is 5.92 Å². The average molecular weight is 380 g/mol. The lowest BCUT2D eigenvalue weighted by molar-refractivity contribution is 0.0625. The van der Waals surface area contributed by atoms with Gasteiger partial charge >= 0.3 is 6.03 Å². The van der Waals surface area contributed by atoms with Crippen LogP contribution >= 0.6 is 0 Å². The monoisotopic (exact) mass is 379 g/mol. The van der Waals surface area contributed by atoms with E-state index in [4.69, 9.17) is 0 Å². The van der Waals surface area contributed by atoms with Crippen LogP contribution in [-0.2, 0) is 9.84 Å². The molecule has 2 fully saturated rings. The van der Waals surface area contributed by atoms with Crippen LogP contribution in [-0.4, -0.2) is 67.5 Å². The second kappa shape index (κ2) is 7.19. The van der Waals surface area contributed by atoms with Gasteiger partial charge in [0.15, 0.2) is 9.84 Å². The zero-order valence-electron chi connectivity index (χ0n) is 16.0. The molecule has 1 N–H and O–H groups in total. The van der Waals surface area contributed by atoms with E-state index in [2.05, 4.69) is 24.1 Å². The fraction of sp³-hybridized carbons (Fsp3) is 0.632. The molecular weight excluding hydrogens is 350 g/mol. The summed E-state index contributed by atoms with van der Waals surface area (Å²) in [6.07, 6.45) is 0. The van der Waals surface area contributed by atoms with Gasteiger partial charge in [0.25, 0.3) is 0 Å². The topological polar surface area (TPSA) is 69.7 Å². The predicted octanol–water partition coefficient (Wildman–Crippen LogP) is 2.27. The van der Waals surface area contributed by atoms with Crippen molar-refractivity contribution in [2.75, 3.05) is 36.5 Å². The summed E-state index contributed by atoms with van der Waals surface area (Å²) in [5.41, 5.74) is 3.04. The maximum absolute atomic E-state index is 12.8. The number of piperazine rings is 1. The molecule has 0 saturated carbocycles. The second-order valence-electron chi connectivity index (χ2n) is 8.02. The highest BCUT2D eigenvalue weighted by Gasteiger charge is 2.48. The zero-order chi connectivity index (χ0) is 19.1. The minimum absolute atomic E-state index is 0.0621. The van der Waals surface area contributed by atoms with Crippen LogP contribution < -0.4 is 5.32 Å². The smallest absolute Gasteiger partial charge is 0.318 e. The molecule has 2 aliphatic heterocycles. The van der Waals surface area contributed by atoms with E-state index >= 15 is 0 Å². The van der Waals surface area contributed by atoms with Gasteiger partial charge in [-0.15, -0.1) is 0 Å². The molecule has 2 saturated heterocycles. The quantitative estimate of drug-likeness (QED) is 0.875. The Morgan fingerprint density at radius 3 is 2.50 bits per heavy atom. The molecule has 2 heterocycles. The standard InChI is InChI=1S/C19H29N3O3S/c1-13(2)10-21-7-8-22(18-12-26(24,25)11-17(18)21)19(23)20-16-6-5-14(3)15(4)9-16/h5-6,9,13,17-18H,7-8,10-12H2,1-4H3,(H,20,23)/t17-,18+/m1/s1. The molecule has 2 amide bonds. The molecule has 1 aromatic rings. The first kappa shape index (κ1) is 19.2. The van der Waals surface area contributed by atoms with Crippen molar-refractivity contribution < 1.29 is 13.2 Å². The van der Waals surface area contributed by atoms with E-state index in [9.17, 15) is 13.2 Å². The Morgan fingerprint density at radius 2 is 1.85 bits per heavy atom. The summed E-state index contributed by atoms with van der Waals surface area (Å²) in [6.45, 7) is 10.4. The van der Waals surface area contributed by atoms with Crippen molar-refractivity contribution >= 4 is 21.6 Å². The van der Waals surface area contributed by atoms with Gasteiger partial charge in [0.05, 0.1) is 17.5 Å². The van der Waals surface area contributed by atoms with E-state index in [0.717, 1.165) is 24.3 Å². The molecule has 2 aliphatic rings. The number of carbonyl (C=O) groups is 1. The first-order chi connectivity index (χ1) is 12.2. The van der Waals surface area contributed by atoms with Gasteiger partial charge in [-0.3, -0.25) is 4.90 Å². The van der Waals surface area contributed by atoms with Gasteiger partial charge in [0, 0.05) is 31.4 Å². The highest BCUT2D eigenvalue weighted by atomic mass is 32.2. The Hall–Kier alpha value is -1.60. The van der Waals surface area contributed by atoms with Crippen LogP contribution in [0, 0.1) is 19.8 Å². The Balaban J connectivity index is 1.77. The summed E-state index contributed by atoms with van der Waals surface area (Å²) in [7, 11) is -3.11. The molecule has 0 aliphatic carbocycles. The van der Waals surface area contributed by atoms with Crippen LogP contribution in [0.4, 0.5) is 10.5 Å². The number of carbonyl (C=O) groups excluding carboxylic acids is 1. The van der Waals surface area contributed by atoms with Crippen molar-refractivity contribution in [3.63, 3.8) is 0 Å². The second-order valence-corrected chi connectivity index (χ2v) is 10.2. The van der Waals surface area contributed by atoms with Crippen molar-refractivity contribution in [3.05, 3.63) is 29.3 Å². The van der Waals surface area contributed by atoms with Crippen molar-refractivity contribution in [2.45, 2.75) is 39.8 Å². The van der Waals surface area contributed by atoms with Gasteiger partial charge in [-0.1, -0.05) is 19.9 Å². The molecule has 0 bridgehead atoms. The molecule has 6 nitrogen and oxygen atoms in total. The zero-order valence-corrected chi connectivity index (χ0v) is 16.8. The number of nitrogens with one attached hydrogen (secondary N) is 1. The molecule has 26 heavy (non-hydrogen) atoms. The number of sulfone groups is 1. The first-order valence-electron chi connectivity index (χ1n) is 9.25. The summed E-state index contributed by atoms with van der Waals surface area (Å²) >= 11 is 0. The molecule has 2 atom stereocenters. The Labute approximate surface area is 156 Å². The number of hydrogen-bond acceptors (Lipinski definition) is 4.